The van der Waals surface area contributed by atoms with Crippen LogP contribution in [0.2, 0.25) is 0 Å². The van der Waals surface area contributed by atoms with Crippen LogP contribution in [-0.2, 0) is 4.74 Å². The van der Waals surface area contributed by atoms with Crippen molar-refractivity contribution < 1.29 is 9.13 Å². The molecule has 1 atom stereocenters. The highest BCUT2D eigenvalue weighted by atomic mass is 127. The molecule has 0 bridgehead atoms. The van der Waals surface area contributed by atoms with Gasteiger partial charge in [0.15, 0.2) is 5.84 Å². The number of hydrogen-bond donors (Lipinski definition) is 4. The second kappa shape index (κ2) is 10.8. The predicted octanol–water partition coefficient (Wildman–Crippen LogP) is 4.39. The molecule has 0 aliphatic carbocycles. The molecule has 7 nitrogen and oxygen atoms in total. The number of hydrogen-bond acceptors (Lipinski definition) is 6. The minimum atomic E-state index is -0.303. The third-order valence-corrected chi connectivity index (χ3v) is 7.57. The van der Waals surface area contributed by atoms with Crippen molar-refractivity contribution in [2.24, 2.45) is 5.84 Å². The molecule has 4 rings (SSSR count). The second-order valence-corrected chi connectivity index (χ2v) is 9.66. The second-order valence-electron chi connectivity index (χ2n) is 8.11. The summed E-state index contributed by atoms with van der Waals surface area (Å²) in [7, 11) is 0. The number of ether oxygens (including phenoxy) is 1. The highest BCUT2D eigenvalue weighted by Gasteiger charge is 2.31. The van der Waals surface area contributed by atoms with E-state index in [4.69, 9.17) is 16.0 Å². The molecular formula is C23H27BrFIN6O. The number of allylic oxidation sites excluding steroid dienone is 1. The van der Waals surface area contributed by atoms with Crippen molar-refractivity contribution in [3.05, 3.63) is 57.8 Å². The molecule has 2 aliphatic heterocycles. The molecule has 0 radical (unpaired) electrons. The fourth-order valence-electron chi connectivity index (χ4n) is 4.15. The molecule has 3 heterocycles. The molecule has 5 N–H and O–H groups in total. The SMILES string of the molecule is CCC(NC1CCOCC1)C1=C(Br)C(=N)N(N)/C(=C(\CI)c2cnc3ccc(F)cc3c2)N1. The van der Waals surface area contributed by atoms with E-state index in [2.05, 4.69) is 61.1 Å². The summed E-state index contributed by atoms with van der Waals surface area (Å²) < 4.78 is 20.5. The van der Waals surface area contributed by atoms with Crippen LogP contribution in [0.5, 0.6) is 0 Å². The number of nitrogens with zero attached hydrogens (tertiary/aromatic N) is 2. The Morgan fingerprint density at radius 1 is 1.42 bits per heavy atom. The summed E-state index contributed by atoms with van der Waals surface area (Å²) >= 11 is 5.87. The van der Waals surface area contributed by atoms with Crippen molar-refractivity contribution in [2.45, 2.75) is 38.3 Å². The van der Waals surface area contributed by atoms with Crippen LogP contribution in [0.3, 0.4) is 0 Å². The van der Waals surface area contributed by atoms with E-state index >= 15 is 0 Å². The summed E-state index contributed by atoms with van der Waals surface area (Å²) in [4.78, 5) is 4.50. The lowest BCUT2D eigenvalue weighted by Crippen LogP contribution is -2.52. The van der Waals surface area contributed by atoms with Crippen LogP contribution in [-0.4, -0.2) is 45.6 Å². The lowest BCUT2D eigenvalue weighted by atomic mass is 10.0. The Morgan fingerprint density at radius 2 is 2.18 bits per heavy atom. The number of nitrogens with one attached hydrogen (secondary N) is 3. The normalized spacial score (nSPS) is 20.3. The maximum Gasteiger partial charge on any atom is 0.157 e. The standard InChI is InChI=1S/C23H27BrFIN6O/c1-2-18(30-16-5-7-33-8-6-16)21-20(24)22(27)32(28)23(31-21)17(11-26)14-9-13-10-15(25)3-4-19(13)29-12-14/h3-4,9-10,12,16,18,27,30-31H,2,5-8,11,28H2,1H3/b23-17+,27-22?. The van der Waals surface area contributed by atoms with Gasteiger partial charge in [0, 0.05) is 52.4 Å². The number of pyridine rings is 1. The molecule has 1 fully saturated rings. The lowest BCUT2D eigenvalue weighted by Gasteiger charge is -2.37. The van der Waals surface area contributed by atoms with Crippen molar-refractivity contribution in [3.8, 4) is 0 Å². The summed E-state index contributed by atoms with van der Waals surface area (Å²) in [5, 5.41) is 17.9. The Labute approximate surface area is 214 Å². The van der Waals surface area contributed by atoms with Gasteiger partial charge in [0.25, 0.3) is 0 Å². The molecule has 2 aliphatic rings. The van der Waals surface area contributed by atoms with E-state index in [0.717, 1.165) is 60.2 Å². The van der Waals surface area contributed by atoms with E-state index in [1.165, 1.54) is 17.1 Å². The van der Waals surface area contributed by atoms with E-state index in [-0.39, 0.29) is 17.7 Å². The first-order chi connectivity index (χ1) is 15.9. The van der Waals surface area contributed by atoms with Crippen molar-refractivity contribution in [2.75, 3.05) is 17.6 Å². The zero-order chi connectivity index (χ0) is 23.5. The van der Waals surface area contributed by atoms with Gasteiger partial charge < -0.3 is 15.4 Å². The third-order valence-electron chi connectivity index (χ3n) is 6.01. The first-order valence-electron chi connectivity index (χ1n) is 10.9. The Morgan fingerprint density at radius 3 is 2.88 bits per heavy atom. The van der Waals surface area contributed by atoms with Crippen molar-refractivity contribution >= 4 is 60.8 Å². The number of halogens is 3. The number of benzene rings is 1. The van der Waals surface area contributed by atoms with Gasteiger partial charge in [-0.2, -0.15) is 0 Å². The maximum absolute atomic E-state index is 13.8. The van der Waals surface area contributed by atoms with Crippen LogP contribution in [0.15, 0.2) is 46.5 Å². The van der Waals surface area contributed by atoms with Gasteiger partial charge in [0.1, 0.15) is 11.6 Å². The summed E-state index contributed by atoms with van der Waals surface area (Å²) in [6, 6.07) is 6.84. The molecule has 1 aromatic heterocycles. The maximum atomic E-state index is 13.8. The van der Waals surface area contributed by atoms with Crippen LogP contribution in [0.1, 0.15) is 31.7 Å². The Kier molecular flexibility index (Phi) is 8.00. The first-order valence-corrected chi connectivity index (χ1v) is 13.2. The lowest BCUT2D eigenvalue weighted by molar-refractivity contribution is 0.0756. The highest BCUT2D eigenvalue weighted by molar-refractivity contribution is 14.1. The number of amidine groups is 1. The van der Waals surface area contributed by atoms with Gasteiger partial charge >= 0.3 is 0 Å². The van der Waals surface area contributed by atoms with Crippen molar-refractivity contribution in [3.63, 3.8) is 0 Å². The molecule has 0 saturated carbocycles. The van der Waals surface area contributed by atoms with Gasteiger partial charge in [0.05, 0.1) is 15.7 Å². The van der Waals surface area contributed by atoms with Gasteiger partial charge in [-0.05, 0) is 59.5 Å². The minimum absolute atomic E-state index is 0.0193. The smallest absolute Gasteiger partial charge is 0.157 e. The van der Waals surface area contributed by atoms with Gasteiger partial charge in [-0.3, -0.25) is 10.4 Å². The molecule has 10 heteroatoms. The topological polar surface area (TPSA) is 99.3 Å². The predicted molar refractivity (Wildman–Crippen MR) is 141 cm³/mol. The van der Waals surface area contributed by atoms with E-state index in [9.17, 15) is 4.39 Å². The van der Waals surface area contributed by atoms with E-state index in [1.54, 1.807) is 12.3 Å². The summed E-state index contributed by atoms with van der Waals surface area (Å²) in [6.07, 6.45) is 4.53. The Balaban J connectivity index is 1.72. The van der Waals surface area contributed by atoms with Crippen LogP contribution in [0.25, 0.3) is 16.5 Å². The summed E-state index contributed by atoms with van der Waals surface area (Å²) in [5.74, 6) is 6.85. The minimum Gasteiger partial charge on any atom is -0.381 e. The molecule has 176 valence electrons. The van der Waals surface area contributed by atoms with Gasteiger partial charge in [-0.1, -0.05) is 29.5 Å². The van der Waals surface area contributed by atoms with E-state index in [1.807, 2.05) is 6.07 Å². The van der Waals surface area contributed by atoms with Crippen LogP contribution in [0, 0.1) is 11.2 Å². The van der Waals surface area contributed by atoms with Crippen LogP contribution >= 0.6 is 38.5 Å². The Hall–Kier alpha value is -1.60. The fourth-order valence-corrected chi connectivity index (χ4v) is 5.52. The van der Waals surface area contributed by atoms with Crippen molar-refractivity contribution in [1.82, 2.24) is 20.6 Å². The molecule has 0 spiro atoms. The van der Waals surface area contributed by atoms with E-state index < -0.39 is 0 Å². The average Bonchev–Trinajstić information content (AvgIpc) is 2.83. The first kappa shape index (κ1) is 24.5. The Bertz CT molecular complexity index is 1120. The molecule has 2 aromatic rings. The third kappa shape index (κ3) is 5.24. The largest absolute Gasteiger partial charge is 0.381 e. The van der Waals surface area contributed by atoms with Gasteiger partial charge in [0.2, 0.25) is 0 Å². The number of aromatic nitrogens is 1. The number of hydrazine groups is 1. The zero-order valence-electron chi connectivity index (χ0n) is 18.3. The number of rotatable bonds is 6. The zero-order valence-corrected chi connectivity index (χ0v) is 22.0. The molecule has 1 unspecified atom stereocenters. The molecular weight excluding hydrogens is 602 g/mol. The van der Waals surface area contributed by atoms with Crippen molar-refractivity contribution in [1.29, 1.82) is 5.41 Å². The number of nitrogens with two attached hydrogens (primary N) is 1. The summed E-state index contributed by atoms with van der Waals surface area (Å²) in [6.45, 7) is 3.64. The molecule has 1 aromatic carbocycles. The van der Waals surface area contributed by atoms with Gasteiger partial charge in [-0.15, -0.1) is 0 Å². The number of fused-ring (bicyclic) bond motifs is 1. The molecule has 33 heavy (non-hydrogen) atoms. The quantitative estimate of drug-likeness (QED) is 0.215. The average molecular weight is 629 g/mol. The molecule has 1 saturated heterocycles. The number of alkyl halides is 1. The summed E-state index contributed by atoms with van der Waals surface area (Å²) in [5.41, 5.74) is 3.32. The highest BCUT2D eigenvalue weighted by Crippen LogP contribution is 2.31. The van der Waals surface area contributed by atoms with Gasteiger partial charge in [-0.25, -0.2) is 15.2 Å². The van der Waals surface area contributed by atoms with Crippen LogP contribution in [0.4, 0.5) is 4.39 Å². The van der Waals surface area contributed by atoms with E-state index in [0.29, 0.717) is 20.8 Å². The van der Waals surface area contributed by atoms with Crippen LogP contribution < -0.4 is 16.5 Å². The monoisotopic (exact) mass is 628 g/mol. The molecule has 0 amide bonds. The fraction of sp³-hybridized carbons (Fsp3) is 0.391.